The molecule has 0 radical (unpaired) electrons. The Hall–Kier alpha value is -3.56. The van der Waals surface area contributed by atoms with Crippen LogP contribution in [-0.4, -0.2) is 58.7 Å². The number of carbonyl (C=O) groups is 4. The van der Waals surface area contributed by atoms with Crippen LogP contribution in [-0.2, 0) is 29.2 Å². The Kier molecular flexibility index (Phi) is 7.11. The first-order valence-corrected chi connectivity index (χ1v) is 12.5. The number of benzene rings is 2. The van der Waals surface area contributed by atoms with Gasteiger partial charge in [-0.05, 0) is 48.1 Å². The molecule has 3 N–H and O–H groups in total. The number of fused-ring (bicyclic) bond motifs is 1. The van der Waals surface area contributed by atoms with E-state index in [0.717, 1.165) is 43.6 Å². The van der Waals surface area contributed by atoms with Crippen LogP contribution in [0.2, 0.25) is 0 Å². The van der Waals surface area contributed by atoms with Gasteiger partial charge in [0.15, 0.2) is 0 Å². The SMILES string of the molecule is O=C1CCC(N2Cc3ccc(C(=O)NC(=O)NC4CCN(Cc5ccccc5)CC4)cc3C2)C(=O)N1. The number of hydrogen-bond acceptors (Lipinski definition) is 6. The van der Waals surface area contributed by atoms with Gasteiger partial charge < -0.3 is 5.32 Å². The van der Waals surface area contributed by atoms with Gasteiger partial charge in [-0.15, -0.1) is 0 Å². The number of imide groups is 2. The van der Waals surface area contributed by atoms with E-state index in [4.69, 9.17) is 0 Å². The Labute approximate surface area is 210 Å². The molecule has 0 aromatic heterocycles. The minimum atomic E-state index is -0.479. The molecule has 0 spiro atoms. The highest BCUT2D eigenvalue weighted by Gasteiger charge is 2.35. The van der Waals surface area contributed by atoms with Crippen molar-refractivity contribution in [1.82, 2.24) is 25.8 Å². The zero-order valence-corrected chi connectivity index (χ0v) is 20.2. The monoisotopic (exact) mass is 489 g/mol. The molecule has 2 fully saturated rings. The molecule has 9 heteroatoms. The molecule has 0 saturated carbocycles. The molecule has 2 aromatic rings. The summed E-state index contributed by atoms with van der Waals surface area (Å²) in [4.78, 5) is 53.3. The lowest BCUT2D eigenvalue weighted by atomic mass is 10.0. The van der Waals surface area contributed by atoms with Crippen molar-refractivity contribution in [2.45, 2.75) is 57.4 Å². The molecule has 5 amide bonds. The lowest BCUT2D eigenvalue weighted by molar-refractivity contribution is -0.137. The number of hydrogen-bond donors (Lipinski definition) is 3. The van der Waals surface area contributed by atoms with Gasteiger partial charge in [-0.1, -0.05) is 36.4 Å². The Balaban J connectivity index is 1.09. The first-order valence-electron chi connectivity index (χ1n) is 12.5. The summed E-state index contributed by atoms with van der Waals surface area (Å²) >= 11 is 0. The third-order valence-corrected chi connectivity index (χ3v) is 7.27. The lowest BCUT2D eigenvalue weighted by Crippen LogP contribution is -2.50. The Morgan fingerprint density at radius 2 is 1.69 bits per heavy atom. The first kappa shape index (κ1) is 24.1. The van der Waals surface area contributed by atoms with Crippen molar-refractivity contribution in [3.63, 3.8) is 0 Å². The van der Waals surface area contributed by atoms with E-state index >= 15 is 0 Å². The second kappa shape index (κ2) is 10.6. The third-order valence-electron chi connectivity index (χ3n) is 7.27. The highest BCUT2D eigenvalue weighted by molar-refractivity contribution is 6.04. The number of carbonyl (C=O) groups excluding carboxylic acids is 4. The van der Waals surface area contributed by atoms with Crippen LogP contribution in [0.1, 0.15) is 52.7 Å². The summed E-state index contributed by atoms with van der Waals surface area (Å²) in [5.74, 6) is -0.946. The number of urea groups is 1. The minimum Gasteiger partial charge on any atom is -0.335 e. The minimum absolute atomic E-state index is 0.0342. The van der Waals surface area contributed by atoms with E-state index in [1.807, 2.05) is 29.2 Å². The van der Waals surface area contributed by atoms with Gasteiger partial charge in [0.1, 0.15) is 0 Å². The number of amides is 5. The van der Waals surface area contributed by atoms with E-state index in [1.54, 1.807) is 12.1 Å². The smallest absolute Gasteiger partial charge is 0.321 e. The molecule has 9 nitrogen and oxygen atoms in total. The Morgan fingerprint density at radius 1 is 0.944 bits per heavy atom. The van der Waals surface area contributed by atoms with Gasteiger partial charge in [0.05, 0.1) is 6.04 Å². The van der Waals surface area contributed by atoms with Gasteiger partial charge in [-0.25, -0.2) is 4.79 Å². The third kappa shape index (κ3) is 5.63. The molecule has 188 valence electrons. The van der Waals surface area contributed by atoms with Crippen LogP contribution < -0.4 is 16.0 Å². The van der Waals surface area contributed by atoms with Crippen LogP contribution in [0, 0.1) is 0 Å². The summed E-state index contributed by atoms with van der Waals surface area (Å²) < 4.78 is 0. The fourth-order valence-electron chi connectivity index (χ4n) is 5.29. The van der Waals surface area contributed by atoms with Crippen molar-refractivity contribution in [3.05, 3.63) is 70.8 Å². The van der Waals surface area contributed by atoms with E-state index in [1.165, 1.54) is 5.56 Å². The van der Waals surface area contributed by atoms with Gasteiger partial charge >= 0.3 is 6.03 Å². The maximum atomic E-state index is 12.7. The van der Waals surface area contributed by atoms with Crippen molar-refractivity contribution < 1.29 is 19.2 Å². The fourth-order valence-corrected chi connectivity index (χ4v) is 5.29. The van der Waals surface area contributed by atoms with Crippen molar-refractivity contribution in [1.29, 1.82) is 0 Å². The van der Waals surface area contributed by atoms with Gasteiger partial charge in [0.2, 0.25) is 11.8 Å². The molecular formula is C27H31N5O4. The maximum absolute atomic E-state index is 12.7. The summed E-state index contributed by atoms with van der Waals surface area (Å²) in [6.07, 6.45) is 2.50. The van der Waals surface area contributed by atoms with Crippen LogP contribution in [0.25, 0.3) is 0 Å². The highest BCUT2D eigenvalue weighted by atomic mass is 16.2. The van der Waals surface area contributed by atoms with E-state index in [0.29, 0.717) is 31.5 Å². The van der Waals surface area contributed by atoms with Gasteiger partial charge in [-0.3, -0.25) is 34.8 Å². The molecule has 36 heavy (non-hydrogen) atoms. The van der Waals surface area contributed by atoms with Crippen LogP contribution in [0.15, 0.2) is 48.5 Å². The van der Waals surface area contributed by atoms with E-state index in [9.17, 15) is 19.2 Å². The first-order chi connectivity index (χ1) is 17.4. The van der Waals surface area contributed by atoms with E-state index < -0.39 is 11.9 Å². The van der Waals surface area contributed by atoms with Gasteiger partial charge in [-0.2, -0.15) is 0 Å². The normalized spacial score (nSPS) is 21.1. The zero-order valence-electron chi connectivity index (χ0n) is 20.2. The molecule has 3 heterocycles. The van der Waals surface area contributed by atoms with Crippen molar-refractivity contribution in [3.8, 4) is 0 Å². The topological polar surface area (TPSA) is 111 Å². The predicted octanol–water partition coefficient (Wildman–Crippen LogP) is 1.91. The van der Waals surface area contributed by atoms with Crippen molar-refractivity contribution >= 4 is 23.8 Å². The highest BCUT2D eigenvalue weighted by Crippen LogP contribution is 2.28. The van der Waals surface area contributed by atoms with Crippen LogP contribution in [0.4, 0.5) is 4.79 Å². The summed E-state index contributed by atoms with van der Waals surface area (Å²) in [5, 5.41) is 7.79. The molecule has 1 atom stereocenters. The van der Waals surface area contributed by atoms with Gasteiger partial charge in [0.25, 0.3) is 5.91 Å². The molecule has 0 aliphatic carbocycles. The quantitative estimate of drug-likeness (QED) is 0.554. The predicted molar refractivity (Wildman–Crippen MR) is 133 cm³/mol. The number of likely N-dealkylation sites (tertiary alicyclic amines) is 1. The number of nitrogens with zero attached hydrogens (tertiary/aromatic N) is 2. The number of rotatable bonds is 5. The Morgan fingerprint density at radius 3 is 2.44 bits per heavy atom. The number of nitrogens with one attached hydrogen (secondary N) is 3. The molecule has 1 unspecified atom stereocenters. The van der Waals surface area contributed by atoms with Crippen molar-refractivity contribution in [2.75, 3.05) is 13.1 Å². The fraction of sp³-hybridized carbons (Fsp3) is 0.407. The summed E-state index contributed by atoms with van der Waals surface area (Å²) in [6.45, 7) is 3.80. The standard InChI is InChI=1S/C27H31N5O4/c33-24-9-8-23(26(35)29-24)32-16-20-7-6-19(14-21(20)17-32)25(34)30-27(36)28-22-10-12-31(13-11-22)15-18-4-2-1-3-5-18/h1-7,14,22-23H,8-13,15-17H2,(H,29,33,35)(H2,28,30,34,36). The molecule has 5 rings (SSSR count). The van der Waals surface area contributed by atoms with Crippen LogP contribution >= 0.6 is 0 Å². The summed E-state index contributed by atoms with van der Waals surface area (Å²) in [7, 11) is 0. The van der Waals surface area contributed by atoms with Crippen LogP contribution in [0.3, 0.4) is 0 Å². The van der Waals surface area contributed by atoms with Crippen LogP contribution in [0.5, 0.6) is 0 Å². The van der Waals surface area contributed by atoms with Crippen molar-refractivity contribution in [2.24, 2.45) is 0 Å². The molecule has 0 bridgehead atoms. The Bertz CT molecular complexity index is 1160. The summed E-state index contributed by atoms with van der Waals surface area (Å²) in [6, 6.07) is 14.9. The van der Waals surface area contributed by atoms with E-state index in [2.05, 4.69) is 33.0 Å². The lowest BCUT2D eigenvalue weighted by Gasteiger charge is -2.32. The maximum Gasteiger partial charge on any atom is 0.321 e. The average molecular weight is 490 g/mol. The largest absolute Gasteiger partial charge is 0.335 e. The van der Waals surface area contributed by atoms with E-state index in [-0.39, 0.29) is 23.9 Å². The molecule has 3 aliphatic rings. The van der Waals surface area contributed by atoms with Gasteiger partial charge in [0, 0.05) is 50.7 Å². The average Bonchev–Trinajstić information content (AvgIpc) is 3.29. The zero-order chi connectivity index (χ0) is 25.1. The molecular weight excluding hydrogens is 458 g/mol. The molecule has 2 aromatic carbocycles. The second-order valence-electron chi connectivity index (χ2n) is 9.82. The number of piperidine rings is 2. The summed E-state index contributed by atoms with van der Waals surface area (Å²) in [5.41, 5.74) is 3.69. The second-order valence-corrected chi connectivity index (χ2v) is 9.82. The molecule has 3 aliphatic heterocycles. The molecule has 2 saturated heterocycles.